The number of aliphatic carboxylic acids is 1. The van der Waals surface area contributed by atoms with Crippen LogP contribution in [-0.2, 0) is 27.3 Å². The molecule has 2 aliphatic rings. The number of nitrogens with one attached hydrogen (secondary N) is 2. The number of fused-ring (bicyclic) bond motifs is 2. The Morgan fingerprint density at radius 3 is 1.94 bits per heavy atom. The Morgan fingerprint density at radius 1 is 0.889 bits per heavy atom. The molecule has 36 heavy (non-hydrogen) atoms. The highest BCUT2D eigenvalue weighted by Gasteiger charge is 2.31. The molecule has 0 radical (unpaired) electrons. The average Bonchev–Trinajstić information content (AvgIpc) is 3.38. The maximum Gasteiger partial charge on any atom is 0.491 e. The average molecular weight is 502 g/mol. The molecule has 1 atom stereocenters. The first-order chi connectivity index (χ1) is 17.2. The molecule has 2 aromatic rings. The van der Waals surface area contributed by atoms with Crippen molar-refractivity contribution in [2.45, 2.75) is 38.5 Å². The summed E-state index contributed by atoms with van der Waals surface area (Å²) < 4.78 is 38.6. The van der Waals surface area contributed by atoms with E-state index in [9.17, 15) is 38.3 Å². The second kappa shape index (κ2) is 10.7. The van der Waals surface area contributed by atoms with Gasteiger partial charge in [0, 0.05) is 6.54 Å². The van der Waals surface area contributed by atoms with E-state index in [1.807, 2.05) is 0 Å². The number of amides is 2. The molecule has 0 spiro atoms. The van der Waals surface area contributed by atoms with E-state index in [2.05, 4.69) is 10.6 Å². The Kier molecular flexibility index (Phi) is 7.69. The SMILES string of the molecule is O=C(NCCCCC(NC(=O)c1cc2c(cc1F)B(O)OC2)C(=O)O)c1cc2c(cc1F)B(O)OC2. The second-order valence-electron chi connectivity index (χ2n) is 8.50. The van der Waals surface area contributed by atoms with Gasteiger partial charge in [0.2, 0.25) is 0 Å². The van der Waals surface area contributed by atoms with Crippen LogP contribution in [-0.4, -0.2) is 59.8 Å². The number of hydrogen-bond donors (Lipinski definition) is 5. The molecule has 2 amide bonds. The Balaban J connectivity index is 1.27. The van der Waals surface area contributed by atoms with Crippen molar-refractivity contribution in [1.82, 2.24) is 10.6 Å². The van der Waals surface area contributed by atoms with Crippen molar-refractivity contribution in [3.63, 3.8) is 0 Å². The van der Waals surface area contributed by atoms with Gasteiger partial charge in [0.1, 0.15) is 17.7 Å². The van der Waals surface area contributed by atoms with E-state index in [0.29, 0.717) is 17.5 Å². The first-order valence-electron chi connectivity index (χ1n) is 11.2. The summed E-state index contributed by atoms with van der Waals surface area (Å²) in [6.07, 6.45) is 0.632. The fourth-order valence-corrected chi connectivity index (χ4v) is 4.11. The third-order valence-corrected chi connectivity index (χ3v) is 6.08. The smallest absolute Gasteiger partial charge is 0.480 e. The number of carbonyl (C=O) groups is 3. The van der Waals surface area contributed by atoms with Crippen molar-refractivity contribution >= 4 is 42.9 Å². The topological polar surface area (TPSA) is 154 Å². The van der Waals surface area contributed by atoms with Crippen LogP contribution in [0, 0.1) is 11.6 Å². The van der Waals surface area contributed by atoms with E-state index in [4.69, 9.17) is 9.31 Å². The van der Waals surface area contributed by atoms with Crippen LogP contribution < -0.4 is 21.6 Å². The minimum absolute atomic E-state index is 0.00374. The molecule has 2 aliphatic heterocycles. The fraction of sp³-hybridized carbons (Fsp3) is 0.318. The predicted molar refractivity (Wildman–Crippen MR) is 123 cm³/mol. The van der Waals surface area contributed by atoms with Gasteiger partial charge < -0.3 is 35.1 Å². The summed E-state index contributed by atoms with van der Waals surface area (Å²) in [5, 5.41) is 33.5. The molecule has 14 heteroatoms. The quantitative estimate of drug-likeness (QED) is 0.220. The lowest BCUT2D eigenvalue weighted by Crippen LogP contribution is -2.41. The molecule has 0 bridgehead atoms. The van der Waals surface area contributed by atoms with E-state index >= 15 is 0 Å². The molecule has 1 unspecified atom stereocenters. The Bertz CT molecular complexity index is 1220. The molecule has 0 saturated heterocycles. The van der Waals surface area contributed by atoms with Crippen LogP contribution in [0.15, 0.2) is 24.3 Å². The van der Waals surface area contributed by atoms with Gasteiger partial charge in [-0.05, 0) is 65.6 Å². The molecule has 2 aromatic carbocycles. The molecule has 5 N–H and O–H groups in total. The van der Waals surface area contributed by atoms with Gasteiger partial charge in [-0.15, -0.1) is 0 Å². The lowest BCUT2D eigenvalue weighted by atomic mass is 9.79. The standard InChI is InChI=1S/C22H22B2F2N2O8/c25-17-7-15-11(9-35-23(15)33)5-13(17)20(29)27-4-2-1-3-19(22(31)32)28-21(30)14-6-12-10-36-24(34)16(12)8-18(14)26/h5-8,19,33-34H,1-4,9-10H2,(H,27,29)(H,28,30)(H,31,32). The zero-order valence-corrected chi connectivity index (χ0v) is 18.9. The zero-order chi connectivity index (χ0) is 26.0. The molecule has 10 nitrogen and oxygen atoms in total. The molecule has 0 aliphatic carbocycles. The largest absolute Gasteiger partial charge is 0.491 e. The molecule has 0 fully saturated rings. The fourth-order valence-electron chi connectivity index (χ4n) is 4.11. The summed E-state index contributed by atoms with van der Waals surface area (Å²) in [7, 11) is -2.50. The second-order valence-corrected chi connectivity index (χ2v) is 8.50. The van der Waals surface area contributed by atoms with Crippen LogP contribution in [0.3, 0.4) is 0 Å². The van der Waals surface area contributed by atoms with Gasteiger partial charge >= 0.3 is 20.2 Å². The van der Waals surface area contributed by atoms with Gasteiger partial charge in [-0.1, -0.05) is 0 Å². The maximum absolute atomic E-state index is 14.3. The van der Waals surface area contributed by atoms with Gasteiger partial charge in [0.25, 0.3) is 11.8 Å². The summed E-state index contributed by atoms with van der Waals surface area (Å²) >= 11 is 0. The van der Waals surface area contributed by atoms with Gasteiger partial charge in [-0.2, -0.15) is 0 Å². The van der Waals surface area contributed by atoms with Crippen LogP contribution >= 0.6 is 0 Å². The van der Waals surface area contributed by atoms with E-state index in [-0.39, 0.29) is 54.7 Å². The number of carboxylic acid groups (broad SMARTS) is 1. The molecule has 188 valence electrons. The Labute approximate surface area is 204 Å². The zero-order valence-electron chi connectivity index (χ0n) is 18.9. The van der Waals surface area contributed by atoms with Crippen LogP contribution in [0.1, 0.15) is 51.1 Å². The molecule has 2 heterocycles. The highest BCUT2D eigenvalue weighted by molar-refractivity contribution is 6.62. The third-order valence-electron chi connectivity index (χ3n) is 6.08. The molecule has 0 aromatic heterocycles. The van der Waals surface area contributed by atoms with E-state index in [0.717, 1.165) is 12.1 Å². The van der Waals surface area contributed by atoms with Crippen molar-refractivity contribution < 1.29 is 47.6 Å². The summed E-state index contributed by atoms with van der Waals surface area (Å²) in [6.45, 7) is 0.178. The molecule has 4 rings (SSSR count). The number of carbonyl (C=O) groups excluding carboxylic acids is 2. The van der Waals surface area contributed by atoms with Crippen LogP contribution in [0.2, 0.25) is 0 Å². The normalized spacial score (nSPS) is 14.9. The van der Waals surface area contributed by atoms with Crippen LogP contribution in [0.4, 0.5) is 8.78 Å². The summed E-state index contributed by atoms with van der Waals surface area (Å²) in [5.41, 5.74) is 0.872. The van der Waals surface area contributed by atoms with E-state index in [1.54, 1.807) is 0 Å². The highest BCUT2D eigenvalue weighted by Crippen LogP contribution is 2.17. The lowest BCUT2D eigenvalue weighted by Gasteiger charge is -2.15. The van der Waals surface area contributed by atoms with Crippen molar-refractivity contribution in [2.75, 3.05) is 6.54 Å². The number of benzene rings is 2. The first-order valence-corrected chi connectivity index (χ1v) is 11.2. The molecular formula is C22H22B2F2N2O8. The Hall–Kier alpha value is -3.32. The lowest BCUT2D eigenvalue weighted by molar-refractivity contribution is -0.139. The van der Waals surface area contributed by atoms with Gasteiger partial charge in [0.15, 0.2) is 0 Å². The van der Waals surface area contributed by atoms with Crippen LogP contribution in [0.5, 0.6) is 0 Å². The Morgan fingerprint density at radius 2 is 1.42 bits per heavy atom. The molecular weight excluding hydrogens is 480 g/mol. The van der Waals surface area contributed by atoms with Crippen LogP contribution in [0.25, 0.3) is 0 Å². The number of rotatable bonds is 9. The van der Waals surface area contributed by atoms with Gasteiger partial charge in [-0.25, -0.2) is 13.6 Å². The molecule has 0 saturated carbocycles. The van der Waals surface area contributed by atoms with E-state index < -0.39 is 49.7 Å². The predicted octanol–water partition coefficient (Wildman–Crippen LogP) is -0.816. The number of halogens is 2. The highest BCUT2D eigenvalue weighted by atomic mass is 19.1. The van der Waals surface area contributed by atoms with Gasteiger partial charge in [-0.3, -0.25) is 9.59 Å². The monoisotopic (exact) mass is 502 g/mol. The number of unbranched alkanes of at least 4 members (excludes halogenated alkanes) is 1. The van der Waals surface area contributed by atoms with Gasteiger partial charge in [0.05, 0.1) is 24.3 Å². The summed E-state index contributed by atoms with van der Waals surface area (Å²) in [4.78, 5) is 36.4. The van der Waals surface area contributed by atoms with Crippen molar-refractivity contribution in [2.24, 2.45) is 0 Å². The summed E-state index contributed by atoms with van der Waals surface area (Å²) in [5.74, 6) is -4.61. The minimum Gasteiger partial charge on any atom is -0.480 e. The first kappa shape index (κ1) is 25.8. The maximum atomic E-state index is 14.3. The van der Waals surface area contributed by atoms with Crippen molar-refractivity contribution in [3.05, 3.63) is 58.2 Å². The third kappa shape index (κ3) is 5.41. The van der Waals surface area contributed by atoms with Crippen molar-refractivity contribution in [1.29, 1.82) is 0 Å². The van der Waals surface area contributed by atoms with Crippen molar-refractivity contribution in [3.8, 4) is 0 Å². The summed E-state index contributed by atoms with van der Waals surface area (Å²) in [6, 6.07) is 3.27. The number of carboxylic acids is 1. The van der Waals surface area contributed by atoms with E-state index in [1.165, 1.54) is 12.1 Å². The minimum atomic E-state index is -1.31. The number of hydrogen-bond acceptors (Lipinski definition) is 7.